The number of rotatable bonds is 4. The van der Waals surface area contributed by atoms with E-state index in [1.54, 1.807) is 0 Å². The summed E-state index contributed by atoms with van der Waals surface area (Å²) in [6.45, 7) is 1.90. The van der Waals surface area contributed by atoms with Crippen LogP contribution in [-0.4, -0.2) is 33.2 Å². The van der Waals surface area contributed by atoms with E-state index in [2.05, 4.69) is 6.07 Å². The molecule has 2 aromatic rings. The molecule has 128 valence electrons. The maximum atomic E-state index is 10.6. The number of carbonyl (C=O) groups is 3. The smallest absolute Gasteiger partial charge is 0.336 e. The third-order valence-corrected chi connectivity index (χ3v) is 3.22. The molecule has 1 unspecified atom stereocenters. The monoisotopic (exact) mass is 341 g/mol. The lowest BCUT2D eigenvalue weighted by Crippen LogP contribution is -2.10. The normalized spacial score (nSPS) is 10.6. The third kappa shape index (κ3) is 5.48. The van der Waals surface area contributed by atoms with Gasteiger partial charge in [-0.2, -0.15) is 5.26 Å². The Kier molecular flexibility index (Phi) is 6.85. The van der Waals surface area contributed by atoms with Crippen LogP contribution in [0.25, 0.3) is 0 Å². The van der Waals surface area contributed by atoms with Gasteiger partial charge in [0.1, 0.15) is 0 Å². The molecule has 25 heavy (non-hydrogen) atoms. The number of aromatic carboxylic acids is 3. The number of hydrogen-bond acceptors (Lipinski definition) is 4. The van der Waals surface area contributed by atoms with E-state index < -0.39 is 29.0 Å². The zero-order chi connectivity index (χ0) is 19.0. The summed E-state index contributed by atoms with van der Waals surface area (Å²) in [6.07, 6.45) is 0. The van der Waals surface area contributed by atoms with E-state index in [1.165, 1.54) is 0 Å². The molecular weight excluding hydrogens is 326 g/mol. The first-order valence-electron chi connectivity index (χ1n) is 7.06. The predicted octanol–water partition coefficient (Wildman–Crippen LogP) is 3.09. The van der Waals surface area contributed by atoms with E-state index in [-0.39, 0.29) is 11.5 Å². The van der Waals surface area contributed by atoms with Crippen molar-refractivity contribution in [2.45, 2.75) is 12.8 Å². The molecule has 0 amide bonds. The molecule has 0 radical (unpaired) electrons. The van der Waals surface area contributed by atoms with Gasteiger partial charge in [0.15, 0.2) is 0 Å². The van der Waals surface area contributed by atoms with Crippen LogP contribution in [0.15, 0.2) is 48.5 Å². The van der Waals surface area contributed by atoms with E-state index in [4.69, 9.17) is 20.6 Å². The predicted molar refractivity (Wildman–Crippen MR) is 87.8 cm³/mol. The van der Waals surface area contributed by atoms with Crippen LogP contribution in [0, 0.1) is 11.3 Å². The average Bonchev–Trinajstić information content (AvgIpc) is 2.61. The van der Waals surface area contributed by atoms with Crippen molar-refractivity contribution >= 4 is 17.9 Å². The van der Waals surface area contributed by atoms with Crippen LogP contribution in [0.2, 0.25) is 0 Å². The molecule has 0 spiro atoms. The Bertz CT molecular complexity index is 823. The fourth-order valence-corrected chi connectivity index (χ4v) is 1.86. The summed E-state index contributed by atoms with van der Waals surface area (Å²) in [7, 11) is 0. The Morgan fingerprint density at radius 3 is 1.88 bits per heavy atom. The van der Waals surface area contributed by atoms with Crippen LogP contribution < -0.4 is 0 Å². The van der Waals surface area contributed by atoms with E-state index in [9.17, 15) is 14.4 Å². The first-order valence-corrected chi connectivity index (χ1v) is 7.06. The van der Waals surface area contributed by atoms with Gasteiger partial charge in [-0.05, 0) is 30.7 Å². The first-order chi connectivity index (χ1) is 11.8. The van der Waals surface area contributed by atoms with Gasteiger partial charge in [-0.25, -0.2) is 14.4 Å². The highest BCUT2D eigenvalue weighted by Gasteiger charge is 2.17. The molecular formula is C18H15NO6. The lowest BCUT2D eigenvalue weighted by atomic mass is 10.0. The molecule has 0 heterocycles. The molecule has 3 N–H and O–H groups in total. The molecule has 7 heteroatoms. The minimum atomic E-state index is -1.48. The first kappa shape index (κ1) is 19.4. The summed E-state index contributed by atoms with van der Waals surface area (Å²) in [6, 6.07) is 14.8. The second-order valence-corrected chi connectivity index (χ2v) is 4.94. The summed E-state index contributed by atoms with van der Waals surface area (Å²) in [4.78, 5) is 31.8. The standard InChI is InChI=1S/C9H9N.C9H6O6/c1-8(7-10)9-5-3-2-4-6-9;10-7(11)4-1-2-5(8(12)13)6(3-4)9(14)15/h2-6,8H,1H3;1-3H,(H,10,11)(H,12,13)(H,14,15). The molecule has 0 saturated carbocycles. The fraction of sp³-hybridized carbons (Fsp3) is 0.111. The topological polar surface area (TPSA) is 136 Å². The Labute approximate surface area is 143 Å². The lowest BCUT2D eigenvalue weighted by Gasteiger charge is -2.02. The van der Waals surface area contributed by atoms with E-state index in [0.717, 1.165) is 23.8 Å². The van der Waals surface area contributed by atoms with Crippen molar-refractivity contribution in [3.05, 3.63) is 70.8 Å². The van der Waals surface area contributed by atoms with Gasteiger partial charge < -0.3 is 15.3 Å². The molecule has 0 aromatic heterocycles. The summed E-state index contributed by atoms with van der Waals surface area (Å²) in [5, 5.41) is 34.4. The number of benzene rings is 2. The second-order valence-electron chi connectivity index (χ2n) is 4.94. The SMILES string of the molecule is CC(C#N)c1ccccc1.O=C(O)c1ccc(C(=O)O)c(C(=O)O)c1. The minimum absolute atomic E-state index is 0.0150. The molecule has 0 saturated heterocycles. The van der Waals surface area contributed by atoms with Crippen LogP contribution in [-0.2, 0) is 0 Å². The largest absolute Gasteiger partial charge is 0.478 e. The van der Waals surface area contributed by atoms with Crippen molar-refractivity contribution in [2.24, 2.45) is 0 Å². The van der Waals surface area contributed by atoms with Gasteiger partial charge in [-0.15, -0.1) is 0 Å². The van der Waals surface area contributed by atoms with Gasteiger partial charge in [0, 0.05) is 0 Å². The van der Waals surface area contributed by atoms with Gasteiger partial charge in [-0.3, -0.25) is 0 Å². The average molecular weight is 341 g/mol. The van der Waals surface area contributed by atoms with Crippen LogP contribution in [0.1, 0.15) is 49.5 Å². The number of nitriles is 1. The van der Waals surface area contributed by atoms with Crippen molar-refractivity contribution < 1.29 is 29.7 Å². The second kappa shape index (κ2) is 8.84. The van der Waals surface area contributed by atoms with Crippen molar-refractivity contribution in [1.29, 1.82) is 5.26 Å². The summed E-state index contributed by atoms with van der Waals surface area (Å²) < 4.78 is 0. The molecule has 0 fully saturated rings. The Hall–Kier alpha value is -3.66. The number of carboxylic acids is 3. The number of carboxylic acid groups (broad SMARTS) is 3. The molecule has 2 rings (SSSR count). The van der Waals surface area contributed by atoms with Crippen molar-refractivity contribution in [1.82, 2.24) is 0 Å². The summed E-state index contributed by atoms with van der Waals surface area (Å²) in [5.41, 5.74) is -0.155. The molecule has 0 aliphatic heterocycles. The van der Waals surface area contributed by atoms with E-state index in [0.29, 0.717) is 0 Å². The van der Waals surface area contributed by atoms with Crippen molar-refractivity contribution in [3.63, 3.8) is 0 Å². The van der Waals surface area contributed by atoms with Gasteiger partial charge in [0.25, 0.3) is 0 Å². The zero-order valence-electron chi connectivity index (χ0n) is 13.2. The van der Waals surface area contributed by atoms with Crippen LogP contribution in [0.5, 0.6) is 0 Å². The lowest BCUT2D eigenvalue weighted by molar-refractivity contribution is 0.0649. The molecule has 7 nitrogen and oxygen atoms in total. The Balaban J connectivity index is 0.000000271. The van der Waals surface area contributed by atoms with Gasteiger partial charge in [0.05, 0.1) is 28.7 Å². The van der Waals surface area contributed by atoms with Crippen LogP contribution >= 0.6 is 0 Å². The molecule has 0 bridgehead atoms. The van der Waals surface area contributed by atoms with E-state index >= 15 is 0 Å². The van der Waals surface area contributed by atoms with Gasteiger partial charge in [-0.1, -0.05) is 30.3 Å². The van der Waals surface area contributed by atoms with Crippen LogP contribution in [0.4, 0.5) is 0 Å². The number of nitrogens with zero attached hydrogens (tertiary/aromatic N) is 1. The maximum Gasteiger partial charge on any atom is 0.336 e. The van der Waals surface area contributed by atoms with Gasteiger partial charge >= 0.3 is 17.9 Å². The molecule has 0 aliphatic carbocycles. The number of hydrogen-bond donors (Lipinski definition) is 3. The quantitative estimate of drug-likeness (QED) is 0.777. The highest BCUT2D eigenvalue weighted by molar-refractivity contribution is 6.03. The highest BCUT2D eigenvalue weighted by Crippen LogP contribution is 2.13. The Morgan fingerprint density at radius 1 is 0.880 bits per heavy atom. The van der Waals surface area contributed by atoms with Gasteiger partial charge in [0.2, 0.25) is 0 Å². The van der Waals surface area contributed by atoms with Crippen molar-refractivity contribution in [2.75, 3.05) is 0 Å². The van der Waals surface area contributed by atoms with Crippen LogP contribution in [0.3, 0.4) is 0 Å². The highest BCUT2D eigenvalue weighted by atomic mass is 16.4. The van der Waals surface area contributed by atoms with Crippen molar-refractivity contribution in [3.8, 4) is 6.07 Å². The molecule has 0 aliphatic rings. The third-order valence-electron chi connectivity index (χ3n) is 3.22. The summed E-state index contributed by atoms with van der Waals surface area (Å²) >= 11 is 0. The summed E-state index contributed by atoms with van der Waals surface area (Å²) in [5.74, 6) is -4.18. The zero-order valence-corrected chi connectivity index (χ0v) is 13.2. The maximum absolute atomic E-state index is 10.6. The minimum Gasteiger partial charge on any atom is -0.478 e. The Morgan fingerprint density at radius 2 is 1.44 bits per heavy atom. The molecule has 2 aromatic carbocycles. The fourth-order valence-electron chi connectivity index (χ4n) is 1.86. The molecule has 1 atom stereocenters. The van der Waals surface area contributed by atoms with E-state index in [1.807, 2.05) is 37.3 Å².